The van der Waals surface area contributed by atoms with Crippen molar-refractivity contribution in [1.82, 2.24) is 0 Å². The molecular formula is C14H18ClNO3. The molecule has 1 heterocycles. The molecular weight excluding hydrogens is 266 g/mol. The third-order valence-electron chi connectivity index (χ3n) is 3.77. The minimum Gasteiger partial charge on any atom is -0.632 e. The molecule has 5 heteroatoms. The second-order valence-corrected chi connectivity index (χ2v) is 5.58. The lowest BCUT2D eigenvalue weighted by Gasteiger charge is -2.49. The van der Waals surface area contributed by atoms with E-state index in [1.54, 1.807) is 24.3 Å². The van der Waals surface area contributed by atoms with E-state index in [0.717, 1.165) is 24.8 Å². The number of nitrogens with zero attached hydrogens (tertiary/aromatic N) is 1. The summed E-state index contributed by atoms with van der Waals surface area (Å²) in [6, 6.07) is 6.10. The third-order valence-corrected chi connectivity index (χ3v) is 4.02. The van der Waals surface area contributed by atoms with Gasteiger partial charge < -0.3 is 15.0 Å². The number of benzene rings is 1. The molecule has 1 aromatic rings. The predicted octanol–water partition coefficient (Wildman–Crippen LogP) is 2.83. The van der Waals surface area contributed by atoms with E-state index < -0.39 is 16.7 Å². The zero-order chi connectivity index (χ0) is 13.9. The zero-order valence-electron chi connectivity index (χ0n) is 10.7. The Labute approximate surface area is 117 Å². The number of quaternary nitrogens is 1. The van der Waals surface area contributed by atoms with E-state index in [2.05, 4.69) is 0 Å². The van der Waals surface area contributed by atoms with E-state index in [1.807, 2.05) is 0 Å². The molecule has 1 unspecified atom stereocenters. The lowest BCUT2D eigenvalue weighted by atomic mass is 10.0. The van der Waals surface area contributed by atoms with Gasteiger partial charge in [0.1, 0.15) is 0 Å². The number of carboxylic acid groups (broad SMARTS) is 1. The van der Waals surface area contributed by atoms with Gasteiger partial charge in [-0.3, -0.25) is 0 Å². The summed E-state index contributed by atoms with van der Waals surface area (Å²) in [5.41, 5.74) is 0.843. The van der Waals surface area contributed by atoms with Crippen LogP contribution in [0.3, 0.4) is 0 Å². The fourth-order valence-electron chi connectivity index (χ4n) is 2.66. The van der Waals surface area contributed by atoms with Crippen LogP contribution in [0.25, 0.3) is 0 Å². The summed E-state index contributed by atoms with van der Waals surface area (Å²) in [4.78, 5) is 11.4. The number of piperidine rings is 1. The molecule has 1 aromatic carbocycles. The maximum absolute atomic E-state index is 12.7. The molecule has 1 saturated heterocycles. The summed E-state index contributed by atoms with van der Waals surface area (Å²) in [6.45, 7) is 0.815. The number of aliphatic carboxylic acids is 1. The Morgan fingerprint density at radius 3 is 2.37 bits per heavy atom. The van der Waals surface area contributed by atoms with Gasteiger partial charge in [0, 0.05) is 11.4 Å². The summed E-state index contributed by atoms with van der Waals surface area (Å²) in [6.07, 6.45) is 2.91. The molecule has 1 aliphatic rings. The number of hydrogen-bond donors (Lipinski definition) is 1. The van der Waals surface area contributed by atoms with Gasteiger partial charge in [0.25, 0.3) is 0 Å². The van der Waals surface area contributed by atoms with Crippen molar-refractivity contribution in [3.63, 3.8) is 0 Å². The van der Waals surface area contributed by atoms with E-state index in [-0.39, 0.29) is 6.42 Å². The molecule has 104 valence electrons. The molecule has 1 atom stereocenters. The second-order valence-electron chi connectivity index (χ2n) is 5.14. The Hall–Kier alpha value is -1.10. The van der Waals surface area contributed by atoms with Gasteiger partial charge in [-0.2, -0.15) is 0 Å². The third kappa shape index (κ3) is 3.47. The lowest BCUT2D eigenvalue weighted by molar-refractivity contribution is -0.901. The first-order valence-corrected chi connectivity index (χ1v) is 6.94. The topological polar surface area (TPSA) is 60.4 Å². The number of halogens is 1. The SMILES string of the molecule is O=C(O)C(Cc1ccc(Cl)cc1)[N+]1([O-])CCCCC1. The Morgan fingerprint density at radius 1 is 1.26 bits per heavy atom. The molecule has 4 nitrogen and oxygen atoms in total. The molecule has 0 radical (unpaired) electrons. The fourth-order valence-corrected chi connectivity index (χ4v) is 2.78. The van der Waals surface area contributed by atoms with Gasteiger partial charge in [0.2, 0.25) is 0 Å². The van der Waals surface area contributed by atoms with Crippen LogP contribution < -0.4 is 0 Å². The van der Waals surface area contributed by atoms with Gasteiger partial charge in [-0.25, -0.2) is 4.79 Å². The minimum atomic E-state index is -1.01. The van der Waals surface area contributed by atoms with Crippen molar-refractivity contribution in [2.75, 3.05) is 13.1 Å². The first kappa shape index (κ1) is 14.3. The van der Waals surface area contributed by atoms with Crippen molar-refractivity contribution in [2.45, 2.75) is 31.7 Å². The highest BCUT2D eigenvalue weighted by Gasteiger charge is 2.36. The molecule has 1 fully saturated rings. The first-order chi connectivity index (χ1) is 9.01. The van der Waals surface area contributed by atoms with E-state index >= 15 is 0 Å². The molecule has 2 rings (SSSR count). The standard InChI is InChI=1S/C14H18ClNO3/c15-12-6-4-11(5-7-12)10-13(14(17)18)16(19)8-2-1-3-9-16/h4-7,13H,1-3,8-10H2,(H,17,18). The van der Waals surface area contributed by atoms with Crippen LogP contribution in [-0.2, 0) is 11.2 Å². The average Bonchev–Trinajstić information content (AvgIpc) is 2.38. The van der Waals surface area contributed by atoms with Crippen LogP contribution in [0.1, 0.15) is 24.8 Å². The van der Waals surface area contributed by atoms with E-state index in [9.17, 15) is 15.1 Å². The summed E-state index contributed by atoms with van der Waals surface area (Å²) < 4.78 is -0.599. The van der Waals surface area contributed by atoms with Crippen LogP contribution in [0.5, 0.6) is 0 Å². The quantitative estimate of drug-likeness (QED) is 0.683. The summed E-state index contributed by atoms with van der Waals surface area (Å²) in [5.74, 6) is -1.01. The summed E-state index contributed by atoms with van der Waals surface area (Å²) >= 11 is 5.80. The van der Waals surface area contributed by atoms with Gasteiger partial charge in [-0.1, -0.05) is 23.7 Å². The maximum atomic E-state index is 12.7. The maximum Gasteiger partial charge on any atom is 0.363 e. The Bertz CT molecular complexity index is 441. The van der Waals surface area contributed by atoms with Crippen molar-refractivity contribution in [2.24, 2.45) is 0 Å². The Kier molecular flexibility index (Phi) is 4.45. The molecule has 0 saturated carbocycles. The van der Waals surface area contributed by atoms with Crippen molar-refractivity contribution < 1.29 is 14.5 Å². The Balaban J connectivity index is 2.16. The molecule has 0 aromatic heterocycles. The van der Waals surface area contributed by atoms with Crippen LogP contribution in [0.2, 0.25) is 5.02 Å². The van der Waals surface area contributed by atoms with Gasteiger partial charge >= 0.3 is 5.97 Å². The van der Waals surface area contributed by atoms with Crippen molar-refractivity contribution >= 4 is 17.6 Å². The van der Waals surface area contributed by atoms with E-state index in [1.165, 1.54) is 0 Å². The molecule has 0 aliphatic carbocycles. The number of likely N-dealkylation sites (tertiary alicyclic amines) is 1. The van der Waals surface area contributed by atoms with Gasteiger partial charge in [-0.15, -0.1) is 0 Å². The summed E-state index contributed by atoms with van der Waals surface area (Å²) in [7, 11) is 0. The smallest absolute Gasteiger partial charge is 0.363 e. The number of carboxylic acids is 1. The van der Waals surface area contributed by atoms with Crippen LogP contribution in [-0.4, -0.2) is 34.9 Å². The minimum absolute atomic E-state index is 0.260. The van der Waals surface area contributed by atoms with Crippen LogP contribution in [0, 0.1) is 5.21 Å². The molecule has 1 N–H and O–H groups in total. The van der Waals surface area contributed by atoms with Gasteiger partial charge in [-0.05, 0) is 37.0 Å². The van der Waals surface area contributed by atoms with Crippen LogP contribution >= 0.6 is 11.6 Å². The first-order valence-electron chi connectivity index (χ1n) is 6.56. The van der Waals surface area contributed by atoms with Crippen LogP contribution in [0.4, 0.5) is 0 Å². The largest absolute Gasteiger partial charge is 0.632 e. The molecule has 1 aliphatic heterocycles. The number of rotatable bonds is 4. The van der Waals surface area contributed by atoms with Crippen molar-refractivity contribution in [1.29, 1.82) is 0 Å². The molecule has 0 bridgehead atoms. The monoisotopic (exact) mass is 283 g/mol. The predicted molar refractivity (Wildman–Crippen MR) is 73.8 cm³/mol. The molecule has 0 spiro atoms. The Morgan fingerprint density at radius 2 is 1.84 bits per heavy atom. The van der Waals surface area contributed by atoms with Crippen molar-refractivity contribution in [3.8, 4) is 0 Å². The fraction of sp³-hybridized carbons (Fsp3) is 0.500. The summed E-state index contributed by atoms with van der Waals surface area (Å²) in [5, 5.41) is 22.6. The highest BCUT2D eigenvalue weighted by atomic mass is 35.5. The normalized spacial score (nSPS) is 19.9. The highest BCUT2D eigenvalue weighted by molar-refractivity contribution is 6.30. The van der Waals surface area contributed by atoms with E-state index in [0.29, 0.717) is 18.1 Å². The molecule has 0 amide bonds. The number of hydroxylamine groups is 3. The van der Waals surface area contributed by atoms with Crippen molar-refractivity contribution in [3.05, 3.63) is 40.1 Å². The lowest BCUT2D eigenvalue weighted by Crippen LogP contribution is -2.57. The average molecular weight is 284 g/mol. The number of hydrogen-bond acceptors (Lipinski definition) is 2. The zero-order valence-corrected chi connectivity index (χ0v) is 11.5. The van der Waals surface area contributed by atoms with Crippen LogP contribution in [0.15, 0.2) is 24.3 Å². The highest BCUT2D eigenvalue weighted by Crippen LogP contribution is 2.24. The van der Waals surface area contributed by atoms with Gasteiger partial charge in [0.15, 0.2) is 6.04 Å². The molecule has 19 heavy (non-hydrogen) atoms. The second kappa shape index (κ2) is 5.90. The number of carbonyl (C=O) groups is 1. The van der Waals surface area contributed by atoms with E-state index in [4.69, 9.17) is 11.6 Å². The van der Waals surface area contributed by atoms with Gasteiger partial charge in [0.05, 0.1) is 13.1 Å².